The average molecular weight is 397 g/mol. The van der Waals surface area contributed by atoms with Gasteiger partial charge in [0.2, 0.25) is 5.91 Å². The Bertz CT molecular complexity index is 986. The third-order valence-electron chi connectivity index (χ3n) is 4.50. The predicted octanol–water partition coefficient (Wildman–Crippen LogP) is 5.46. The first-order valence-corrected chi connectivity index (χ1v) is 10.3. The average Bonchev–Trinajstić information content (AvgIpc) is 3.01. The van der Waals surface area contributed by atoms with Crippen molar-refractivity contribution >= 4 is 40.3 Å². The summed E-state index contributed by atoms with van der Waals surface area (Å²) in [5, 5.41) is 2.79. The van der Waals surface area contributed by atoms with E-state index in [9.17, 15) is 4.79 Å². The summed E-state index contributed by atoms with van der Waals surface area (Å²) in [5.41, 5.74) is 4.11. The molecule has 0 unspecified atom stereocenters. The minimum Gasteiger partial charge on any atom is -0.328 e. The number of rotatable bonds is 5. The minimum absolute atomic E-state index is 0.00545. The van der Waals surface area contributed by atoms with Crippen LogP contribution >= 0.6 is 11.9 Å². The largest absolute Gasteiger partial charge is 0.328 e. The van der Waals surface area contributed by atoms with Crippen LogP contribution in [0.2, 0.25) is 0 Å². The van der Waals surface area contributed by atoms with Crippen LogP contribution in [-0.2, 0) is 16.8 Å². The Morgan fingerprint density at radius 3 is 2.43 bits per heavy atom. The van der Waals surface area contributed by atoms with Crippen molar-refractivity contribution in [1.82, 2.24) is 9.55 Å². The number of nitrogens with zero attached hydrogens (tertiary/aromatic N) is 3. The van der Waals surface area contributed by atoms with Crippen molar-refractivity contribution in [1.29, 1.82) is 0 Å². The number of aromatic nitrogens is 2. The van der Waals surface area contributed by atoms with Gasteiger partial charge < -0.3 is 14.2 Å². The maximum atomic E-state index is 11.1. The molecule has 3 aromatic rings. The molecule has 0 aliphatic heterocycles. The SMILES string of the molecule is CCn1c(C(C)(C)C)nc2cc(N(C)Sc3ccc(NC(C)=O)cc3)ccc21. The first kappa shape index (κ1) is 20.3. The second-order valence-corrected chi connectivity index (χ2v) is 9.10. The van der Waals surface area contributed by atoms with E-state index in [1.807, 2.05) is 24.3 Å². The molecule has 6 heteroatoms. The Labute approximate surface area is 171 Å². The van der Waals surface area contributed by atoms with Gasteiger partial charge in [-0.2, -0.15) is 0 Å². The molecule has 1 heterocycles. The van der Waals surface area contributed by atoms with Crippen LogP contribution in [0.3, 0.4) is 0 Å². The third-order valence-corrected chi connectivity index (χ3v) is 5.47. The second-order valence-electron chi connectivity index (χ2n) is 7.90. The summed E-state index contributed by atoms with van der Waals surface area (Å²) >= 11 is 1.64. The van der Waals surface area contributed by atoms with E-state index in [1.165, 1.54) is 12.4 Å². The molecular weight excluding hydrogens is 368 g/mol. The number of nitrogens with one attached hydrogen (secondary N) is 1. The van der Waals surface area contributed by atoms with E-state index < -0.39 is 0 Å². The Kier molecular flexibility index (Phi) is 5.70. The molecule has 1 N–H and O–H groups in total. The number of carbonyl (C=O) groups excluding carboxylic acids is 1. The quantitative estimate of drug-likeness (QED) is 0.582. The van der Waals surface area contributed by atoms with Crippen LogP contribution in [0.4, 0.5) is 11.4 Å². The Hall–Kier alpha value is -2.47. The number of benzene rings is 2. The van der Waals surface area contributed by atoms with Crippen LogP contribution in [-0.4, -0.2) is 22.5 Å². The molecule has 0 atom stereocenters. The van der Waals surface area contributed by atoms with Crippen molar-refractivity contribution in [3.63, 3.8) is 0 Å². The molecule has 5 nitrogen and oxygen atoms in total. The number of fused-ring (bicyclic) bond motifs is 1. The Morgan fingerprint density at radius 1 is 1.18 bits per heavy atom. The smallest absolute Gasteiger partial charge is 0.221 e. The van der Waals surface area contributed by atoms with Gasteiger partial charge >= 0.3 is 0 Å². The molecule has 3 rings (SSSR count). The lowest BCUT2D eigenvalue weighted by Gasteiger charge is -2.19. The van der Waals surface area contributed by atoms with Crippen LogP contribution in [0.15, 0.2) is 47.4 Å². The van der Waals surface area contributed by atoms with E-state index >= 15 is 0 Å². The van der Waals surface area contributed by atoms with Gasteiger partial charge in [0, 0.05) is 42.2 Å². The molecule has 0 saturated heterocycles. The minimum atomic E-state index is -0.0630. The second kappa shape index (κ2) is 7.87. The monoisotopic (exact) mass is 396 g/mol. The van der Waals surface area contributed by atoms with Crippen LogP contribution < -0.4 is 9.62 Å². The number of hydrogen-bond acceptors (Lipinski definition) is 4. The zero-order chi connectivity index (χ0) is 20.5. The first-order valence-electron chi connectivity index (χ1n) is 9.49. The van der Waals surface area contributed by atoms with Crippen LogP contribution in [0.5, 0.6) is 0 Å². The van der Waals surface area contributed by atoms with Crippen LogP contribution in [0.25, 0.3) is 11.0 Å². The number of hydrogen-bond donors (Lipinski definition) is 1. The first-order chi connectivity index (χ1) is 13.2. The number of aryl methyl sites for hydroxylation is 1. The van der Waals surface area contributed by atoms with Crippen molar-refractivity contribution in [2.24, 2.45) is 0 Å². The molecule has 0 radical (unpaired) electrons. The van der Waals surface area contributed by atoms with Gasteiger partial charge in [-0.25, -0.2) is 4.98 Å². The van der Waals surface area contributed by atoms with Crippen LogP contribution in [0, 0.1) is 0 Å². The predicted molar refractivity (Wildman–Crippen MR) is 119 cm³/mol. The van der Waals surface area contributed by atoms with Gasteiger partial charge in [0.15, 0.2) is 0 Å². The lowest BCUT2D eigenvalue weighted by molar-refractivity contribution is -0.114. The molecule has 148 valence electrons. The molecule has 0 aliphatic carbocycles. The maximum absolute atomic E-state index is 11.1. The molecule has 1 amide bonds. The zero-order valence-corrected chi connectivity index (χ0v) is 18.2. The highest BCUT2D eigenvalue weighted by molar-refractivity contribution is 8.00. The van der Waals surface area contributed by atoms with E-state index in [0.29, 0.717) is 0 Å². The topological polar surface area (TPSA) is 50.2 Å². The van der Waals surface area contributed by atoms with Gasteiger partial charge in [0.05, 0.1) is 11.0 Å². The highest BCUT2D eigenvalue weighted by Gasteiger charge is 2.22. The lowest BCUT2D eigenvalue weighted by atomic mass is 9.96. The number of carbonyl (C=O) groups is 1. The summed E-state index contributed by atoms with van der Waals surface area (Å²) in [4.78, 5) is 17.2. The summed E-state index contributed by atoms with van der Waals surface area (Å²) in [6, 6.07) is 14.3. The standard InChI is InChI=1S/C22H28N4OS/c1-7-26-20-13-10-17(14-19(20)24-21(26)22(3,4)5)25(6)28-18-11-8-16(9-12-18)23-15(2)27/h8-14H,7H2,1-6H3,(H,23,27). The van der Waals surface area contributed by atoms with Gasteiger partial charge in [-0.05, 0) is 61.3 Å². The van der Waals surface area contributed by atoms with E-state index in [4.69, 9.17) is 4.98 Å². The third kappa shape index (κ3) is 4.33. The summed E-state index contributed by atoms with van der Waals surface area (Å²) in [6.45, 7) is 11.2. The van der Waals surface area contributed by atoms with Gasteiger partial charge in [0.25, 0.3) is 0 Å². The Morgan fingerprint density at radius 2 is 1.86 bits per heavy atom. The van der Waals surface area contributed by atoms with Gasteiger partial charge in [-0.15, -0.1) is 0 Å². The summed E-state index contributed by atoms with van der Waals surface area (Å²) in [7, 11) is 2.05. The number of amides is 1. The fourth-order valence-corrected chi connectivity index (χ4v) is 4.01. The molecule has 0 spiro atoms. The number of imidazole rings is 1. The zero-order valence-electron chi connectivity index (χ0n) is 17.4. The number of anilines is 2. The summed E-state index contributed by atoms with van der Waals surface area (Å²) in [6.07, 6.45) is 0. The summed E-state index contributed by atoms with van der Waals surface area (Å²) < 4.78 is 4.43. The van der Waals surface area contributed by atoms with Gasteiger partial charge in [-0.1, -0.05) is 20.8 Å². The van der Waals surface area contributed by atoms with E-state index in [0.717, 1.165) is 34.2 Å². The summed E-state index contributed by atoms with van der Waals surface area (Å²) in [5.74, 6) is 1.05. The van der Waals surface area contributed by atoms with Gasteiger partial charge in [-0.3, -0.25) is 4.79 Å². The van der Waals surface area contributed by atoms with E-state index in [2.05, 4.69) is 67.1 Å². The molecule has 2 aromatic carbocycles. The normalized spacial score (nSPS) is 11.6. The van der Waals surface area contributed by atoms with Crippen molar-refractivity contribution in [3.05, 3.63) is 48.3 Å². The van der Waals surface area contributed by atoms with Gasteiger partial charge in [0.1, 0.15) is 5.82 Å². The molecule has 0 bridgehead atoms. The molecule has 28 heavy (non-hydrogen) atoms. The maximum Gasteiger partial charge on any atom is 0.221 e. The fourth-order valence-electron chi connectivity index (χ4n) is 3.22. The molecule has 0 saturated carbocycles. The lowest BCUT2D eigenvalue weighted by Crippen LogP contribution is -2.18. The fraction of sp³-hybridized carbons (Fsp3) is 0.364. The highest BCUT2D eigenvalue weighted by Crippen LogP contribution is 2.32. The van der Waals surface area contributed by atoms with Crippen molar-refractivity contribution in [2.75, 3.05) is 16.7 Å². The Balaban J connectivity index is 1.84. The molecule has 0 aliphatic rings. The molecule has 0 fully saturated rings. The van der Waals surface area contributed by atoms with Crippen molar-refractivity contribution in [3.8, 4) is 0 Å². The van der Waals surface area contributed by atoms with E-state index in [1.54, 1.807) is 11.9 Å². The molecular formula is C22H28N4OS. The van der Waals surface area contributed by atoms with Crippen molar-refractivity contribution in [2.45, 2.75) is 51.5 Å². The molecule has 1 aromatic heterocycles. The van der Waals surface area contributed by atoms with Crippen molar-refractivity contribution < 1.29 is 4.79 Å². The van der Waals surface area contributed by atoms with Crippen LogP contribution in [0.1, 0.15) is 40.4 Å². The highest BCUT2D eigenvalue weighted by atomic mass is 32.2. The van der Waals surface area contributed by atoms with E-state index in [-0.39, 0.29) is 11.3 Å².